The van der Waals surface area contributed by atoms with Crippen LogP contribution < -0.4 is 27.4 Å². The molecule has 4 unspecified atom stereocenters. The summed E-state index contributed by atoms with van der Waals surface area (Å²) < 4.78 is 0. The Morgan fingerprint density at radius 3 is 2.24 bits per heavy atom. The summed E-state index contributed by atoms with van der Waals surface area (Å²) in [6.45, 7) is 3.30. The number of aromatic nitrogens is 3. The highest BCUT2D eigenvalue weighted by Crippen LogP contribution is 2.19. The number of carbonyl (C=O) groups excluding carboxylic acids is 4. The van der Waals surface area contributed by atoms with Crippen molar-refractivity contribution >= 4 is 40.5 Å². The van der Waals surface area contributed by atoms with E-state index in [0.717, 1.165) is 16.5 Å². The zero-order valence-corrected chi connectivity index (χ0v) is 22.8. The van der Waals surface area contributed by atoms with Gasteiger partial charge in [-0.15, -0.1) is 0 Å². The van der Waals surface area contributed by atoms with Crippen LogP contribution in [0.15, 0.2) is 43.0 Å². The molecule has 0 radical (unpaired) electrons. The summed E-state index contributed by atoms with van der Waals surface area (Å²) >= 11 is 0. The zero-order chi connectivity index (χ0) is 30.1. The third-order valence-corrected chi connectivity index (χ3v) is 6.61. The van der Waals surface area contributed by atoms with E-state index in [-0.39, 0.29) is 25.7 Å². The Labute approximate surface area is 236 Å². The topological polar surface area (TPSA) is 238 Å². The van der Waals surface area contributed by atoms with E-state index >= 15 is 0 Å². The lowest BCUT2D eigenvalue weighted by Gasteiger charge is -2.26. The van der Waals surface area contributed by atoms with Gasteiger partial charge in [-0.05, 0) is 24.0 Å². The summed E-state index contributed by atoms with van der Waals surface area (Å²) in [5.41, 5.74) is 13.2. The molecule has 0 aliphatic rings. The van der Waals surface area contributed by atoms with E-state index < -0.39 is 59.7 Å². The Bertz CT molecular complexity index is 1370. The minimum absolute atomic E-state index is 0.0147. The number of rotatable bonds is 15. The fraction of sp³-hybridized carbons (Fsp3) is 0.407. The highest BCUT2D eigenvalue weighted by molar-refractivity contribution is 5.95. The lowest BCUT2D eigenvalue weighted by Crippen LogP contribution is -2.58. The maximum atomic E-state index is 13.7. The normalized spacial score (nSPS) is 14.1. The molecule has 10 N–H and O–H groups in total. The second kappa shape index (κ2) is 14.1. The molecule has 4 amide bonds. The van der Waals surface area contributed by atoms with E-state index in [2.05, 4.69) is 30.9 Å². The smallest absolute Gasteiger partial charge is 0.326 e. The van der Waals surface area contributed by atoms with Gasteiger partial charge in [-0.25, -0.2) is 9.78 Å². The maximum Gasteiger partial charge on any atom is 0.326 e. The first-order chi connectivity index (χ1) is 19.5. The minimum Gasteiger partial charge on any atom is -0.480 e. The van der Waals surface area contributed by atoms with Gasteiger partial charge in [0, 0.05) is 48.3 Å². The Morgan fingerprint density at radius 1 is 0.951 bits per heavy atom. The van der Waals surface area contributed by atoms with Crippen molar-refractivity contribution in [3.05, 3.63) is 54.2 Å². The van der Waals surface area contributed by atoms with E-state index in [1.807, 2.05) is 24.3 Å². The van der Waals surface area contributed by atoms with Crippen LogP contribution in [0.1, 0.15) is 37.9 Å². The van der Waals surface area contributed by atoms with Gasteiger partial charge in [0.25, 0.3) is 0 Å². The number of para-hydroxylation sites is 1. The van der Waals surface area contributed by atoms with Gasteiger partial charge < -0.3 is 42.5 Å². The van der Waals surface area contributed by atoms with Gasteiger partial charge >= 0.3 is 5.97 Å². The molecule has 0 bridgehead atoms. The van der Waals surface area contributed by atoms with E-state index in [0.29, 0.717) is 5.69 Å². The van der Waals surface area contributed by atoms with Gasteiger partial charge in [0.15, 0.2) is 0 Å². The van der Waals surface area contributed by atoms with E-state index in [9.17, 15) is 29.1 Å². The first-order valence-electron chi connectivity index (χ1n) is 13.2. The Morgan fingerprint density at radius 2 is 1.61 bits per heavy atom. The second-order valence-corrected chi connectivity index (χ2v) is 10.1. The van der Waals surface area contributed by atoms with Crippen molar-refractivity contribution < 1.29 is 29.1 Å². The van der Waals surface area contributed by atoms with Gasteiger partial charge in [-0.2, -0.15) is 0 Å². The van der Waals surface area contributed by atoms with Crippen molar-refractivity contribution in [3.8, 4) is 0 Å². The molecule has 0 aliphatic carbocycles. The van der Waals surface area contributed by atoms with Crippen molar-refractivity contribution in [2.75, 3.05) is 0 Å². The predicted molar refractivity (Wildman–Crippen MR) is 149 cm³/mol. The summed E-state index contributed by atoms with van der Waals surface area (Å²) in [6, 6.07) is 2.76. The van der Waals surface area contributed by atoms with Crippen LogP contribution in [0.2, 0.25) is 0 Å². The molecular weight excluding hydrogens is 532 g/mol. The van der Waals surface area contributed by atoms with Crippen LogP contribution >= 0.6 is 0 Å². The minimum atomic E-state index is -1.21. The van der Waals surface area contributed by atoms with Crippen LogP contribution in [0.25, 0.3) is 10.9 Å². The molecule has 3 aromatic rings. The van der Waals surface area contributed by atoms with Crippen LogP contribution in [0.5, 0.6) is 0 Å². The fourth-order valence-electron chi connectivity index (χ4n) is 4.30. The number of benzene rings is 1. The molecule has 0 fully saturated rings. The van der Waals surface area contributed by atoms with Gasteiger partial charge in [0.2, 0.25) is 23.6 Å². The number of nitrogens with two attached hydrogens (primary N) is 2. The van der Waals surface area contributed by atoms with E-state index in [1.165, 1.54) is 12.5 Å². The van der Waals surface area contributed by atoms with Crippen LogP contribution in [-0.4, -0.2) is 73.8 Å². The highest BCUT2D eigenvalue weighted by atomic mass is 16.4. The zero-order valence-electron chi connectivity index (χ0n) is 22.8. The molecule has 0 saturated carbocycles. The number of aromatic amines is 2. The Balaban J connectivity index is 1.86. The molecule has 3 rings (SSSR count). The fourth-order valence-corrected chi connectivity index (χ4v) is 4.30. The molecule has 14 nitrogen and oxygen atoms in total. The van der Waals surface area contributed by atoms with Gasteiger partial charge in [0.1, 0.15) is 18.1 Å². The number of amides is 4. The van der Waals surface area contributed by atoms with Crippen molar-refractivity contribution in [2.45, 2.75) is 63.7 Å². The molecule has 0 saturated heterocycles. The molecule has 2 aromatic heterocycles. The van der Waals surface area contributed by atoms with Crippen molar-refractivity contribution in [1.29, 1.82) is 0 Å². The summed E-state index contributed by atoms with van der Waals surface area (Å²) in [5.74, 6) is -4.34. The van der Waals surface area contributed by atoms with Crippen LogP contribution in [0.3, 0.4) is 0 Å². The SMILES string of the molecule is CC(C)C(NC(=O)C(Cc1cnc[nH]1)NC(=O)C(Cc1c[nH]c2ccccc12)NC(=O)C(N)CCC(N)=O)C(=O)O. The average Bonchev–Trinajstić information content (AvgIpc) is 3.59. The van der Waals surface area contributed by atoms with Crippen LogP contribution in [0.4, 0.5) is 0 Å². The largest absolute Gasteiger partial charge is 0.480 e. The summed E-state index contributed by atoms with van der Waals surface area (Å²) in [6.07, 6.45) is 4.51. The number of aliphatic carboxylic acids is 1. The molecule has 4 atom stereocenters. The number of primary amides is 1. The predicted octanol–water partition coefficient (Wildman–Crippen LogP) is -0.536. The van der Waals surface area contributed by atoms with E-state index in [4.69, 9.17) is 11.5 Å². The van der Waals surface area contributed by atoms with Crippen molar-refractivity contribution in [3.63, 3.8) is 0 Å². The van der Waals surface area contributed by atoms with Crippen LogP contribution in [-0.2, 0) is 36.8 Å². The van der Waals surface area contributed by atoms with Gasteiger partial charge in [-0.3, -0.25) is 19.2 Å². The molecule has 0 spiro atoms. The second-order valence-electron chi connectivity index (χ2n) is 10.1. The maximum absolute atomic E-state index is 13.7. The average molecular weight is 569 g/mol. The number of carboxylic acid groups (broad SMARTS) is 1. The molecular formula is C27H36N8O6. The number of nitrogens with one attached hydrogen (secondary N) is 5. The van der Waals surface area contributed by atoms with Gasteiger partial charge in [0.05, 0.1) is 12.4 Å². The number of imidazole rings is 1. The van der Waals surface area contributed by atoms with Gasteiger partial charge in [-0.1, -0.05) is 32.0 Å². The summed E-state index contributed by atoms with van der Waals surface area (Å²) in [4.78, 5) is 72.6. The summed E-state index contributed by atoms with van der Waals surface area (Å²) in [5, 5.41) is 18.2. The number of fused-ring (bicyclic) bond motifs is 1. The molecule has 1 aromatic carbocycles. The number of hydrogen-bond donors (Lipinski definition) is 8. The molecule has 220 valence electrons. The number of hydrogen-bond acceptors (Lipinski definition) is 7. The lowest BCUT2D eigenvalue weighted by atomic mass is 10.0. The number of H-pyrrole nitrogens is 2. The van der Waals surface area contributed by atoms with Crippen molar-refractivity contribution in [1.82, 2.24) is 30.9 Å². The standard InChI is InChI=1S/C27H36N8O6/c1-14(2)23(27(40)41)35-26(39)21(10-16-12-30-13-32-16)34-25(38)20(33-24(37)18(28)7-8-22(29)36)9-15-11-31-19-6-4-3-5-17(15)19/h3-6,11-14,18,20-21,23,31H,7-10,28H2,1-2H3,(H2,29,36)(H,30,32)(H,33,37)(H,34,38)(H,35,39)(H,40,41). The first kappa shape index (κ1) is 30.8. The third kappa shape index (κ3) is 8.63. The lowest BCUT2D eigenvalue weighted by molar-refractivity contribution is -0.143. The summed E-state index contributed by atoms with van der Waals surface area (Å²) in [7, 11) is 0. The number of nitrogens with zero attached hydrogens (tertiary/aromatic N) is 1. The highest BCUT2D eigenvalue weighted by Gasteiger charge is 2.32. The third-order valence-electron chi connectivity index (χ3n) is 6.61. The van der Waals surface area contributed by atoms with E-state index in [1.54, 1.807) is 20.0 Å². The van der Waals surface area contributed by atoms with Crippen molar-refractivity contribution in [2.24, 2.45) is 17.4 Å². The number of carboxylic acids is 1. The number of carbonyl (C=O) groups is 5. The first-order valence-corrected chi connectivity index (χ1v) is 13.2. The Hall–Kier alpha value is -4.72. The molecule has 14 heteroatoms. The molecule has 0 aliphatic heterocycles. The molecule has 2 heterocycles. The molecule has 41 heavy (non-hydrogen) atoms. The monoisotopic (exact) mass is 568 g/mol. The Kier molecular flexibility index (Phi) is 10.6. The van der Waals surface area contributed by atoms with Crippen LogP contribution in [0, 0.1) is 5.92 Å². The quantitative estimate of drug-likeness (QED) is 0.118.